The molecule has 1 atom stereocenters. The number of hydrogen-bond acceptors (Lipinski definition) is 5. The van der Waals surface area contributed by atoms with E-state index >= 15 is 0 Å². The van der Waals surface area contributed by atoms with Crippen molar-refractivity contribution in [3.05, 3.63) is 65.6 Å². The van der Waals surface area contributed by atoms with E-state index in [1.54, 1.807) is 32.2 Å². The van der Waals surface area contributed by atoms with Crippen molar-refractivity contribution < 1.29 is 32.6 Å². The average Bonchev–Trinajstić information content (AvgIpc) is 2.86. The molecule has 1 aliphatic carbocycles. The maximum atomic E-state index is 12.9. The number of alkyl halides is 3. The minimum absolute atomic E-state index is 0.106. The number of pyridine rings is 1. The highest BCUT2D eigenvalue weighted by Crippen LogP contribution is 2.34. The Kier molecular flexibility index (Phi) is 9.54. The van der Waals surface area contributed by atoms with E-state index in [1.165, 1.54) is 18.2 Å². The van der Waals surface area contributed by atoms with Crippen molar-refractivity contribution in [3.8, 4) is 0 Å². The molecule has 1 amide bonds. The summed E-state index contributed by atoms with van der Waals surface area (Å²) in [4.78, 5) is 30.0. The van der Waals surface area contributed by atoms with Crippen LogP contribution in [0.25, 0.3) is 0 Å². The van der Waals surface area contributed by atoms with Gasteiger partial charge in [0.1, 0.15) is 5.82 Å². The summed E-state index contributed by atoms with van der Waals surface area (Å²) in [5.41, 5.74) is 1.02. The Balaban J connectivity index is 1.45. The molecule has 1 unspecified atom stereocenters. The van der Waals surface area contributed by atoms with Crippen LogP contribution in [0.4, 0.5) is 24.7 Å². The molecule has 0 aromatic carbocycles. The van der Waals surface area contributed by atoms with Crippen molar-refractivity contribution in [3.63, 3.8) is 0 Å². The van der Waals surface area contributed by atoms with Gasteiger partial charge in [0.25, 0.3) is 0 Å². The highest BCUT2D eigenvalue weighted by molar-refractivity contribution is 5.92. The first kappa shape index (κ1) is 28.0. The largest absolute Gasteiger partial charge is 0.498 e. The number of amides is 1. The fourth-order valence-corrected chi connectivity index (χ4v) is 4.24. The van der Waals surface area contributed by atoms with Gasteiger partial charge < -0.3 is 20.1 Å². The van der Waals surface area contributed by atoms with Gasteiger partial charge in [-0.25, -0.2) is 9.78 Å². The van der Waals surface area contributed by atoms with Gasteiger partial charge in [-0.05, 0) is 62.8 Å². The highest BCUT2D eigenvalue weighted by atomic mass is 19.4. The minimum atomic E-state index is -4.32. The summed E-state index contributed by atoms with van der Waals surface area (Å²) in [6.07, 6.45) is 5.93. The second kappa shape index (κ2) is 12.6. The summed E-state index contributed by atoms with van der Waals surface area (Å²) in [5.74, 6) is -1.26. The summed E-state index contributed by atoms with van der Waals surface area (Å²) in [6.45, 7) is 5.49. The van der Waals surface area contributed by atoms with Crippen LogP contribution in [0, 0.1) is 11.8 Å². The van der Waals surface area contributed by atoms with Crippen LogP contribution in [0.1, 0.15) is 39.5 Å². The van der Waals surface area contributed by atoms with Crippen molar-refractivity contribution in [1.82, 2.24) is 4.98 Å². The number of carbonyl (C=O) groups excluding carboxylic acids is 1. The zero-order valence-electron chi connectivity index (χ0n) is 20.9. The zero-order valence-corrected chi connectivity index (χ0v) is 20.9. The quantitative estimate of drug-likeness (QED) is 0.249. The van der Waals surface area contributed by atoms with E-state index in [9.17, 15) is 22.8 Å². The molecule has 200 valence electrons. The maximum absolute atomic E-state index is 12.9. The minimum Gasteiger partial charge on any atom is -0.498 e. The molecule has 2 heterocycles. The topological polar surface area (TPSA) is 91.8 Å². The van der Waals surface area contributed by atoms with Gasteiger partial charge in [-0.1, -0.05) is 24.3 Å². The summed E-state index contributed by atoms with van der Waals surface area (Å²) >= 11 is 0. The molecule has 1 saturated heterocycles. The average molecular weight is 520 g/mol. The normalized spacial score (nSPS) is 19.4. The van der Waals surface area contributed by atoms with Crippen molar-refractivity contribution in [2.75, 3.05) is 29.9 Å². The van der Waals surface area contributed by atoms with Crippen molar-refractivity contribution >= 4 is 23.4 Å². The second-order valence-corrected chi connectivity index (χ2v) is 9.20. The first-order valence-electron chi connectivity index (χ1n) is 12.2. The molecule has 2 N–H and O–H groups in total. The molecule has 0 spiro atoms. The zero-order chi connectivity index (χ0) is 27.0. The van der Waals surface area contributed by atoms with Crippen molar-refractivity contribution in [1.29, 1.82) is 0 Å². The van der Waals surface area contributed by atoms with Gasteiger partial charge in [-0.2, -0.15) is 13.2 Å². The Bertz CT molecular complexity index is 1080. The summed E-state index contributed by atoms with van der Waals surface area (Å²) < 4.78 is 44.6. The van der Waals surface area contributed by atoms with Crippen LogP contribution in [0.3, 0.4) is 0 Å². The number of allylic oxidation sites excluding steroid dienone is 5. The number of rotatable bonds is 9. The molecular weight excluding hydrogens is 487 g/mol. The third-order valence-electron chi connectivity index (χ3n) is 6.36. The number of carboxylic acids is 1. The van der Waals surface area contributed by atoms with E-state index in [0.29, 0.717) is 29.5 Å². The fourth-order valence-electron chi connectivity index (χ4n) is 4.24. The molecule has 1 aliphatic heterocycles. The third-order valence-corrected chi connectivity index (χ3v) is 6.36. The number of nitrogens with zero attached hydrogens (tertiary/aromatic N) is 2. The highest BCUT2D eigenvalue weighted by Gasteiger charge is 2.38. The number of aliphatic carboxylic acids is 1. The number of piperidine rings is 1. The van der Waals surface area contributed by atoms with E-state index in [-0.39, 0.29) is 18.4 Å². The van der Waals surface area contributed by atoms with Gasteiger partial charge in [0, 0.05) is 13.1 Å². The molecule has 2 aliphatic rings. The number of aromatic nitrogens is 1. The van der Waals surface area contributed by atoms with Gasteiger partial charge in [0.15, 0.2) is 0 Å². The molecule has 0 radical (unpaired) electrons. The van der Waals surface area contributed by atoms with Crippen LogP contribution in [0.2, 0.25) is 0 Å². The lowest BCUT2D eigenvalue weighted by Gasteiger charge is -2.32. The number of ether oxygens (including phenoxy) is 1. The van der Waals surface area contributed by atoms with Crippen LogP contribution < -0.4 is 10.2 Å². The molecular formula is C27H32F3N3O4. The van der Waals surface area contributed by atoms with Crippen LogP contribution in [-0.4, -0.2) is 47.8 Å². The first-order chi connectivity index (χ1) is 17.5. The number of nitrogens with one attached hydrogen (secondary N) is 1. The molecule has 1 fully saturated rings. The molecule has 0 saturated carbocycles. The monoisotopic (exact) mass is 519 g/mol. The number of hydrogen-bond donors (Lipinski definition) is 2. The van der Waals surface area contributed by atoms with Gasteiger partial charge >= 0.3 is 12.1 Å². The Morgan fingerprint density at radius 2 is 2.00 bits per heavy atom. The van der Waals surface area contributed by atoms with Crippen LogP contribution in [0.15, 0.2) is 65.6 Å². The van der Waals surface area contributed by atoms with Gasteiger partial charge in [-0.15, -0.1) is 0 Å². The summed E-state index contributed by atoms with van der Waals surface area (Å²) in [7, 11) is 0. The number of carbonyl (C=O) groups is 2. The molecule has 37 heavy (non-hydrogen) atoms. The summed E-state index contributed by atoms with van der Waals surface area (Å²) in [5, 5.41) is 11.8. The lowest BCUT2D eigenvalue weighted by atomic mass is 9.94. The number of carboxylic acid groups (broad SMARTS) is 1. The first-order valence-corrected chi connectivity index (χ1v) is 12.2. The standard InChI is InChI=1S/C27H32F3N3O4/c1-3-21(26(35)36)13-18(2)37-17-19-9-11-33(12-10-19)24-8-7-23(16-31-24)32-25(34)15-20-5-4-6-22(14-20)27(28,29)30/h3-5,7-8,13-14,16,19,22H,6,9-12,15,17H2,1-2H3,(H,32,34)(H,35,36). The van der Waals surface area contributed by atoms with Crippen LogP contribution >= 0.6 is 0 Å². The maximum Gasteiger partial charge on any atom is 0.395 e. The lowest BCUT2D eigenvalue weighted by Crippen LogP contribution is -2.35. The Hall–Kier alpha value is -3.56. The second-order valence-electron chi connectivity index (χ2n) is 9.20. The van der Waals surface area contributed by atoms with E-state index in [1.807, 2.05) is 6.07 Å². The number of halogens is 3. The van der Waals surface area contributed by atoms with Crippen molar-refractivity contribution in [2.24, 2.45) is 11.8 Å². The van der Waals surface area contributed by atoms with E-state index in [4.69, 9.17) is 9.84 Å². The third kappa shape index (κ3) is 8.51. The van der Waals surface area contributed by atoms with Gasteiger partial charge in [0.2, 0.25) is 5.91 Å². The fraction of sp³-hybridized carbons (Fsp3) is 0.444. The molecule has 1 aromatic heterocycles. The lowest BCUT2D eigenvalue weighted by molar-refractivity contribution is -0.160. The predicted molar refractivity (Wildman–Crippen MR) is 135 cm³/mol. The Morgan fingerprint density at radius 1 is 1.27 bits per heavy atom. The number of anilines is 2. The van der Waals surface area contributed by atoms with Crippen molar-refractivity contribution in [2.45, 2.75) is 45.7 Å². The van der Waals surface area contributed by atoms with Gasteiger partial charge in [0.05, 0.1) is 42.2 Å². The molecule has 7 nitrogen and oxygen atoms in total. The predicted octanol–water partition coefficient (Wildman–Crippen LogP) is 5.64. The Labute approximate surface area is 214 Å². The van der Waals surface area contributed by atoms with E-state index in [2.05, 4.69) is 15.2 Å². The SMILES string of the molecule is CC=C(C=C(C)OCC1CCN(c2ccc(NC(=O)CC3=CC(C(F)(F)F)CC=C3)cn2)CC1)C(=O)O. The molecule has 0 bridgehead atoms. The molecule has 3 rings (SSSR count). The van der Waals surface area contributed by atoms with E-state index in [0.717, 1.165) is 37.8 Å². The van der Waals surface area contributed by atoms with E-state index < -0.39 is 24.0 Å². The van der Waals surface area contributed by atoms with Crippen LogP contribution in [-0.2, 0) is 14.3 Å². The smallest absolute Gasteiger partial charge is 0.395 e. The summed E-state index contributed by atoms with van der Waals surface area (Å²) in [6, 6.07) is 3.54. The van der Waals surface area contributed by atoms with Crippen LogP contribution in [0.5, 0.6) is 0 Å². The van der Waals surface area contributed by atoms with Gasteiger partial charge in [-0.3, -0.25) is 4.79 Å². The molecule has 1 aromatic rings. The molecule has 10 heteroatoms. The Morgan fingerprint density at radius 3 is 2.59 bits per heavy atom.